The molecular weight excluding hydrogens is 356 g/mol. The Kier molecular flexibility index (Phi) is 5.10. The summed E-state index contributed by atoms with van der Waals surface area (Å²) in [4.78, 5) is 12.6. The van der Waals surface area contributed by atoms with Gasteiger partial charge in [-0.3, -0.25) is 10.1 Å². The van der Waals surface area contributed by atoms with Crippen LogP contribution in [0, 0.1) is 26.7 Å². The standard InChI is InChI=1S/C17H22N4O4S/c1-11-4-5-15(10-12(11)2)26(23,24)21-8-6-14(7-9-21)16(22)18-17-20-19-13(3)25-17/h4-5,10,14H,6-9H2,1-3H3,(H,18,20,22). The molecule has 26 heavy (non-hydrogen) atoms. The zero-order chi connectivity index (χ0) is 18.9. The molecule has 9 heteroatoms. The number of rotatable bonds is 4. The molecule has 140 valence electrons. The van der Waals surface area contributed by atoms with E-state index in [0.717, 1.165) is 11.1 Å². The molecule has 1 saturated heterocycles. The number of carbonyl (C=O) groups excluding carboxylic acids is 1. The van der Waals surface area contributed by atoms with Crippen molar-refractivity contribution in [1.29, 1.82) is 0 Å². The van der Waals surface area contributed by atoms with E-state index in [4.69, 9.17) is 4.42 Å². The first kappa shape index (κ1) is 18.5. The molecule has 1 N–H and O–H groups in total. The average Bonchev–Trinajstić information content (AvgIpc) is 3.02. The Bertz CT molecular complexity index is 915. The van der Waals surface area contributed by atoms with E-state index >= 15 is 0 Å². The molecule has 3 rings (SSSR count). The van der Waals surface area contributed by atoms with E-state index in [0.29, 0.717) is 36.7 Å². The highest BCUT2D eigenvalue weighted by Crippen LogP contribution is 2.25. The van der Waals surface area contributed by atoms with Gasteiger partial charge in [-0.25, -0.2) is 8.42 Å². The van der Waals surface area contributed by atoms with Gasteiger partial charge >= 0.3 is 6.01 Å². The molecule has 0 spiro atoms. The molecule has 1 aliphatic heterocycles. The quantitative estimate of drug-likeness (QED) is 0.873. The van der Waals surface area contributed by atoms with Gasteiger partial charge in [-0.1, -0.05) is 11.2 Å². The second-order valence-electron chi connectivity index (χ2n) is 6.54. The van der Waals surface area contributed by atoms with Gasteiger partial charge in [0.05, 0.1) is 4.90 Å². The first-order valence-electron chi connectivity index (χ1n) is 8.46. The number of benzene rings is 1. The van der Waals surface area contributed by atoms with E-state index in [1.54, 1.807) is 19.1 Å². The van der Waals surface area contributed by atoms with Crippen LogP contribution in [0.2, 0.25) is 0 Å². The number of aromatic nitrogens is 2. The maximum absolute atomic E-state index is 12.8. The van der Waals surface area contributed by atoms with E-state index in [2.05, 4.69) is 15.5 Å². The van der Waals surface area contributed by atoms with E-state index in [-0.39, 0.29) is 17.8 Å². The third kappa shape index (κ3) is 3.78. The molecule has 0 saturated carbocycles. The number of sulfonamides is 1. The summed E-state index contributed by atoms with van der Waals surface area (Å²) >= 11 is 0. The normalized spacial score (nSPS) is 16.6. The van der Waals surface area contributed by atoms with Crippen LogP contribution in [0.5, 0.6) is 0 Å². The summed E-state index contributed by atoms with van der Waals surface area (Å²) in [6.45, 7) is 6.08. The van der Waals surface area contributed by atoms with Crippen LogP contribution in [0.4, 0.5) is 6.01 Å². The van der Waals surface area contributed by atoms with E-state index in [1.807, 2.05) is 19.9 Å². The van der Waals surface area contributed by atoms with Crippen molar-refractivity contribution in [3.8, 4) is 0 Å². The monoisotopic (exact) mass is 378 g/mol. The zero-order valence-corrected chi connectivity index (χ0v) is 15.8. The molecule has 8 nitrogen and oxygen atoms in total. The van der Waals surface area contributed by atoms with Crippen molar-refractivity contribution in [2.45, 2.75) is 38.5 Å². The number of amides is 1. The second kappa shape index (κ2) is 7.16. The number of piperidine rings is 1. The highest BCUT2D eigenvalue weighted by atomic mass is 32.2. The van der Waals surface area contributed by atoms with Crippen LogP contribution in [0.15, 0.2) is 27.5 Å². The molecule has 0 radical (unpaired) electrons. The summed E-state index contributed by atoms with van der Waals surface area (Å²) < 4.78 is 32.2. The molecule has 1 fully saturated rings. The molecule has 0 atom stereocenters. The van der Waals surface area contributed by atoms with E-state index in [9.17, 15) is 13.2 Å². The van der Waals surface area contributed by atoms with Gasteiger partial charge in [0.25, 0.3) is 0 Å². The Morgan fingerprint density at radius 3 is 2.42 bits per heavy atom. The van der Waals surface area contributed by atoms with Crippen molar-refractivity contribution >= 4 is 21.9 Å². The highest BCUT2D eigenvalue weighted by Gasteiger charge is 2.32. The van der Waals surface area contributed by atoms with Gasteiger partial charge in [0, 0.05) is 25.9 Å². The summed E-state index contributed by atoms with van der Waals surface area (Å²) in [5, 5.41) is 9.98. The van der Waals surface area contributed by atoms with Crippen LogP contribution in [0.25, 0.3) is 0 Å². The smallest absolute Gasteiger partial charge is 0.322 e. The number of aryl methyl sites for hydroxylation is 3. The van der Waals surface area contributed by atoms with Gasteiger partial charge in [-0.15, -0.1) is 5.10 Å². The summed E-state index contributed by atoms with van der Waals surface area (Å²) in [7, 11) is -3.55. The zero-order valence-electron chi connectivity index (χ0n) is 15.0. The Balaban J connectivity index is 1.63. The predicted octanol–water partition coefficient (Wildman–Crippen LogP) is 2.03. The summed E-state index contributed by atoms with van der Waals surface area (Å²) in [6, 6.07) is 5.21. The van der Waals surface area contributed by atoms with Crippen LogP contribution in [-0.2, 0) is 14.8 Å². The molecule has 1 aromatic heterocycles. The van der Waals surface area contributed by atoms with Crippen LogP contribution in [0.3, 0.4) is 0 Å². The maximum atomic E-state index is 12.8. The minimum Gasteiger partial charge on any atom is -0.408 e. The first-order valence-corrected chi connectivity index (χ1v) is 9.90. The molecule has 0 unspecified atom stereocenters. The van der Waals surface area contributed by atoms with Crippen LogP contribution >= 0.6 is 0 Å². The summed E-state index contributed by atoms with van der Waals surface area (Å²) in [6.07, 6.45) is 0.895. The molecule has 2 heterocycles. The van der Waals surface area contributed by atoms with Crippen molar-refractivity contribution in [2.24, 2.45) is 5.92 Å². The largest absolute Gasteiger partial charge is 0.408 e. The number of nitrogens with one attached hydrogen (secondary N) is 1. The Morgan fingerprint density at radius 2 is 1.85 bits per heavy atom. The number of nitrogens with zero attached hydrogens (tertiary/aromatic N) is 3. The lowest BCUT2D eigenvalue weighted by atomic mass is 9.97. The average molecular weight is 378 g/mol. The molecular formula is C17H22N4O4S. The lowest BCUT2D eigenvalue weighted by molar-refractivity contribution is -0.121. The topological polar surface area (TPSA) is 105 Å². The van der Waals surface area contributed by atoms with Crippen LogP contribution < -0.4 is 5.32 Å². The summed E-state index contributed by atoms with van der Waals surface area (Å²) in [5.74, 6) is -0.139. The van der Waals surface area contributed by atoms with Crippen molar-refractivity contribution in [2.75, 3.05) is 18.4 Å². The third-order valence-electron chi connectivity index (χ3n) is 4.70. The van der Waals surface area contributed by atoms with Crippen LogP contribution in [0.1, 0.15) is 29.9 Å². The van der Waals surface area contributed by atoms with E-state index in [1.165, 1.54) is 4.31 Å². The lowest BCUT2D eigenvalue weighted by Crippen LogP contribution is -2.41. The molecule has 0 aliphatic carbocycles. The fraction of sp³-hybridized carbons (Fsp3) is 0.471. The van der Waals surface area contributed by atoms with Gasteiger partial charge in [-0.05, 0) is 49.9 Å². The SMILES string of the molecule is Cc1nnc(NC(=O)C2CCN(S(=O)(=O)c3ccc(C)c(C)c3)CC2)o1. The van der Waals surface area contributed by atoms with Gasteiger partial charge in [-0.2, -0.15) is 4.31 Å². The predicted molar refractivity (Wildman–Crippen MR) is 95.1 cm³/mol. The first-order chi connectivity index (χ1) is 12.3. The fourth-order valence-corrected chi connectivity index (χ4v) is 4.49. The lowest BCUT2D eigenvalue weighted by Gasteiger charge is -2.30. The van der Waals surface area contributed by atoms with Gasteiger partial charge < -0.3 is 4.42 Å². The minimum absolute atomic E-state index is 0.0673. The van der Waals surface area contributed by atoms with E-state index < -0.39 is 10.0 Å². The number of anilines is 1. The number of carbonyl (C=O) groups is 1. The minimum atomic E-state index is -3.55. The molecule has 1 aliphatic rings. The summed E-state index contributed by atoms with van der Waals surface area (Å²) in [5.41, 5.74) is 1.99. The van der Waals surface area contributed by atoms with Gasteiger partial charge in [0.1, 0.15) is 0 Å². The molecule has 1 amide bonds. The number of hydrogen-bond acceptors (Lipinski definition) is 6. The molecule has 0 bridgehead atoms. The molecule has 2 aromatic rings. The highest BCUT2D eigenvalue weighted by molar-refractivity contribution is 7.89. The van der Waals surface area contributed by atoms with Crippen molar-refractivity contribution in [3.63, 3.8) is 0 Å². The van der Waals surface area contributed by atoms with Crippen molar-refractivity contribution in [3.05, 3.63) is 35.2 Å². The Hall–Kier alpha value is -2.26. The third-order valence-corrected chi connectivity index (χ3v) is 6.59. The maximum Gasteiger partial charge on any atom is 0.322 e. The number of hydrogen-bond donors (Lipinski definition) is 1. The Morgan fingerprint density at radius 1 is 1.15 bits per heavy atom. The second-order valence-corrected chi connectivity index (χ2v) is 8.48. The van der Waals surface area contributed by atoms with Crippen molar-refractivity contribution < 1.29 is 17.6 Å². The molecule has 1 aromatic carbocycles. The van der Waals surface area contributed by atoms with Gasteiger partial charge in [0.2, 0.25) is 21.8 Å². The Labute approximate surface area is 152 Å². The van der Waals surface area contributed by atoms with Crippen LogP contribution in [-0.4, -0.2) is 41.9 Å². The van der Waals surface area contributed by atoms with Crippen molar-refractivity contribution in [1.82, 2.24) is 14.5 Å². The van der Waals surface area contributed by atoms with Gasteiger partial charge in [0.15, 0.2) is 0 Å². The fourth-order valence-electron chi connectivity index (χ4n) is 2.94.